The van der Waals surface area contributed by atoms with Crippen LogP contribution in [0.2, 0.25) is 0 Å². The van der Waals surface area contributed by atoms with Crippen molar-refractivity contribution in [2.75, 3.05) is 14.2 Å². The third-order valence-electron chi connectivity index (χ3n) is 2.95. The van der Waals surface area contributed by atoms with Crippen LogP contribution in [-0.4, -0.2) is 36.6 Å². The van der Waals surface area contributed by atoms with Crippen LogP contribution in [0.25, 0.3) is 0 Å². The molecular weight excluding hydrogens is 286 g/mol. The predicted molar refractivity (Wildman–Crippen MR) is 81.4 cm³/mol. The molecule has 0 saturated heterocycles. The molecule has 0 bridgehead atoms. The Morgan fingerprint density at radius 3 is 2.59 bits per heavy atom. The van der Waals surface area contributed by atoms with Crippen molar-refractivity contribution in [3.8, 4) is 17.2 Å². The highest BCUT2D eigenvalue weighted by Crippen LogP contribution is 2.26. The Morgan fingerprint density at radius 2 is 1.91 bits per heavy atom. The van der Waals surface area contributed by atoms with Gasteiger partial charge in [-0.2, -0.15) is 0 Å². The summed E-state index contributed by atoms with van der Waals surface area (Å²) in [4.78, 5) is 15.9. The van der Waals surface area contributed by atoms with Gasteiger partial charge in [0.1, 0.15) is 22.8 Å². The molecule has 0 saturated carbocycles. The number of benzene rings is 2. The van der Waals surface area contributed by atoms with E-state index in [-0.39, 0.29) is 17.1 Å². The lowest BCUT2D eigenvalue weighted by molar-refractivity contribution is 0.0597. The third kappa shape index (κ3) is 3.35. The van der Waals surface area contributed by atoms with Crippen LogP contribution >= 0.6 is 0 Å². The van der Waals surface area contributed by atoms with E-state index in [0.717, 1.165) is 0 Å². The van der Waals surface area contributed by atoms with Crippen LogP contribution in [-0.2, 0) is 4.74 Å². The molecule has 114 valence electrons. The van der Waals surface area contributed by atoms with Crippen LogP contribution in [0, 0.1) is 0 Å². The predicted octanol–water partition coefficient (Wildman–Crippen LogP) is 2.64. The first-order chi connectivity index (χ1) is 10.5. The average Bonchev–Trinajstić information content (AvgIpc) is 2.54. The van der Waals surface area contributed by atoms with E-state index in [1.165, 1.54) is 44.7 Å². The molecule has 0 unspecified atom stereocenters. The molecule has 2 rings (SSSR count). The van der Waals surface area contributed by atoms with Gasteiger partial charge in [0.25, 0.3) is 0 Å². The lowest BCUT2D eigenvalue weighted by Crippen LogP contribution is -2.03. The average molecular weight is 301 g/mol. The molecule has 2 aromatic carbocycles. The second-order valence-corrected chi connectivity index (χ2v) is 4.38. The second-order valence-electron chi connectivity index (χ2n) is 4.38. The monoisotopic (exact) mass is 301 g/mol. The fourth-order valence-electron chi connectivity index (χ4n) is 1.84. The first kappa shape index (κ1) is 15.4. The summed E-state index contributed by atoms with van der Waals surface area (Å²) in [6.45, 7) is 0. The van der Waals surface area contributed by atoms with E-state index in [9.17, 15) is 15.0 Å². The summed E-state index contributed by atoms with van der Waals surface area (Å²) in [5, 5.41) is 19.1. The number of phenols is 2. The largest absolute Gasteiger partial charge is 0.508 e. The maximum absolute atomic E-state index is 11.7. The minimum atomic E-state index is -0.533. The third-order valence-corrected chi connectivity index (χ3v) is 2.95. The number of ether oxygens (including phenoxy) is 2. The summed E-state index contributed by atoms with van der Waals surface area (Å²) in [5.41, 5.74) is 1.08. The Balaban J connectivity index is 2.35. The van der Waals surface area contributed by atoms with E-state index < -0.39 is 5.97 Å². The molecule has 0 aliphatic carbocycles. The van der Waals surface area contributed by atoms with E-state index in [2.05, 4.69) is 9.73 Å². The molecule has 0 aromatic heterocycles. The van der Waals surface area contributed by atoms with Crippen molar-refractivity contribution in [3.05, 3.63) is 47.5 Å². The zero-order valence-corrected chi connectivity index (χ0v) is 12.1. The number of nitrogens with zero attached hydrogens (tertiary/aromatic N) is 1. The van der Waals surface area contributed by atoms with E-state index in [0.29, 0.717) is 17.0 Å². The van der Waals surface area contributed by atoms with E-state index in [1.54, 1.807) is 12.1 Å². The molecule has 2 aromatic rings. The maximum Gasteiger partial charge on any atom is 0.341 e. The van der Waals surface area contributed by atoms with Crippen LogP contribution in [0.3, 0.4) is 0 Å². The topological polar surface area (TPSA) is 88.4 Å². The molecule has 0 amide bonds. The number of methoxy groups -OCH3 is 2. The summed E-state index contributed by atoms with van der Waals surface area (Å²) in [6.07, 6.45) is 1.39. The minimum absolute atomic E-state index is 0.0109. The molecule has 0 atom stereocenters. The highest BCUT2D eigenvalue weighted by molar-refractivity contribution is 5.94. The maximum atomic E-state index is 11.7. The van der Waals surface area contributed by atoms with Gasteiger partial charge in [-0.1, -0.05) is 0 Å². The lowest BCUT2D eigenvalue weighted by Gasteiger charge is -2.07. The van der Waals surface area contributed by atoms with Crippen molar-refractivity contribution in [3.63, 3.8) is 0 Å². The van der Waals surface area contributed by atoms with Crippen LogP contribution < -0.4 is 4.74 Å². The number of hydrogen-bond donors (Lipinski definition) is 2. The number of aliphatic imine (C=N–C) groups is 1. The van der Waals surface area contributed by atoms with Gasteiger partial charge >= 0.3 is 5.97 Å². The van der Waals surface area contributed by atoms with Gasteiger partial charge in [-0.15, -0.1) is 0 Å². The quantitative estimate of drug-likeness (QED) is 0.515. The van der Waals surface area contributed by atoms with Gasteiger partial charge in [0, 0.05) is 11.8 Å². The molecule has 0 radical (unpaired) electrons. The van der Waals surface area contributed by atoms with Crippen LogP contribution in [0.5, 0.6) is 17.2 Å². The second kappa shape index (κ2) is 6.62. The normalized spacial score (nSPS) is 10.6. The Hall–Kier alpha value is -3.02. The summed E-state index contributed by atoms with van der Waals surface area (Å²) in [6, 6.07) is 8.88. The van der Waals surface area contributed by atoms with Crippen molar-refractivity contribution in [1.82, 2.24) is 0 Å². The Bertz CT molecular complexity index is 724. The van der Waals surface area contributed by atoms with Crippen molar-refractivity contribution < 1.29 is 24.5 Å². The Morgan fingerprint density at radius 1 is 1.14 bits per heavy atom. The highest BCUT2D eigenvalue weighted by atomic mass is 16.5. The smallest absolute Gasteiger partial charge is 0.341 e. The number of aromatic hydroxyl groups is 2. The Kier molecular flexibility index (Phi) is 4.63. The van der Waals surface area contributed by atoms with E-state index in [1.807, 2.05) is 0 Å². The van der Waals surface area contributed by atoms with Crippen LogP contribution in [0.4, 0.5) is 5.69 Å². The number of hydrogen-bond acceptors (Lipinski definition) is 6. The Labute approximate surface area is 127 Å². The van der Waals surface area contributed by atoms with Crippen molar-refractivity contribution in [2.45, 2.75) is 0 Å². The zero-order valence-electron chi connectivity index (χ0n) is 12.1. The standard InChI is InChI=1S/C16H15NO5/c1-21-15-6-3-11(8-13(15)16(20)22-2)17-9-10-7-12(18)4-5-14(10)19/h3-9,18-19H,1-2H3. The molecule has 6 heteroatoms. The number of carbonyl (C=O) groups excluding carboxylic acids is 1. The van der Waals surface area contributed by atoms with E-state index >= 15 is 0 Å². The molecular formula is C16H15NO5. The lowest BCUT2D eigenvalue weighted by atomic mass is 10.1. The fourth-order valence-corrected chi connectivity index (χ4v) is 1.84. The summed E-state index contributed by atoms with van der Waals surface area (Å²) >= 11 is 0. The number of rotatable bonds is 4. The van der Waals surface area contributed by atoms with Gasteiger partial charge in [-0.3, -0.25) is 4.99 Å². The van der Waals surface area contributed by atoms with Gasteiger partial charge < -0.3 is 19.7 Å². The summed E-state index contributed by atoms with van der Waals surface area (Å²) in [7, 11) is 2.73. The van der Waals surface area contributed by atoms with Crippen LogP contribution in [0.15, 0.2) is 41.4 Å². The molecule has 22 heavy (non-hydrogen) atoms. The number of phenolic OH excluding ortho intramolecular Hbond substituents is 2. The minimum Gasteiger partial charge on any atom is -0.508 e. The molecule has 0 heterocycles. The highest BCUT2D eigenvalue weighted by Gasteiger charge is 2.13. The molecule has 0 spiro atoms. The first-order valence-electron chi connectivity index (χ1n) is 6.37. The van der Waals surface area contributed by atoms with Gasteiger partial charge in [-0.25, -0.2) is 4.79 Å². The molecule has 2 N–H and O–H groups in total. The zero-order chi connectivity index (χ0) is 16.1. The fraction of sp³-hybridized carbons (Fsp3) is 0.125. The SMILES string of the molecule is COC(=O)c1cc(N=Cc2cc(O)ccc2O)ccc1OC. The van der Waals surface area contributed by atoms with Crippen molar-refractivity contribution >= 4 is 17.9 Å². The van der Waals surface area contributed by atoms with E-state index in [4.69, 9.17) is 4.74 Å². The molecule has 6 nitrogen and oxygen atoms in total. The van der Waals surface area contributed by atoms with Gasteiger partial charge in [0.15, 0.2) is 0 Å². The van der Waals surface area contributed by atoms with Gasteiger partial charge in [-0.05, 0) is 36.4 Å². The number of esters is 1. The van der Waals surface area contributed by atoms with Crippen LogP contribution in [0.1, 0.15) is 15.9 Å². The number of carbonyl (C=O) groups is 1. The van der Waals surface area contributed by atoms with Gasteiger partial charge in [0.2, 0.25) is 0 Å². The van der Waals surface area contributed by atoms with Gasteiger partial charge in [0.05, 0.1) is 19.9 Å². The first-order valence-corrected chi connectivity index (χ1v) is 6.37. The molecule has 0 aliphatic rings. The molecule has 0 aliphatic heterocycles. The summed E-state index contributed by atoms with van der Waals surface area (Å²) in [5.74, 6) is -0.146. The molecule has 0 fully saturated rings. The van der Waals surface area contributed by atoms with Crippen molar-refractivity contribution in [2.24, 2.45) is 4.99 Å². The summed E-state index contributed by atoms with van der Waals surface area (Å²) < 4.78 is 9.78. The van der Waals surface area contributed by atoms with Crippen molar-refractivity contribution in [1.29, 1.82) is 0 Å².